The molecular weight excluding hydrogens is 351 g/mol. The summed E-state index contributed by atoms with van der Waals surface area (Å²) in [6.07, 6.45) is -5.42. The molecule has 2 aromatic carbocycles. The highest BCUT2D eigenvalue weighted by Gasteiger charge is 2.30. The van der Waals surface area contributed by atoms with E-state index in [0.29, 0.717) is 11.5 Å². The van der Waals surface area contributed by atoms with Gasteiger partial charge in [0.1, 0.15) is 5.75 Å². The summed E-state index contributed by atoms with van der Waals surface area (Å²) in [5.41, 5.74) is -0.0307. The van der Waals surface area contributed by atoms with Crippen LogP contribution in [0.4, 0.5) is 13.2 Å². The molecule has 0 aromatic heterocycles. The number of benzene rings is 2. The van der Waals surface area contributed by atoms with E-state index in [0.717, 1.165) is 17.7 Å². The van der Waals surface area contributed by atoms with Crippen LogP contribution in [0.2, 0.25) is 0 Å². The SMILES string of the molecule is C[C@H](Oc1cccc(C(F)(F)F)c1)C(=O)NCc1ccc2c(c1)OCO2. The van der Waals surface area contributed by atoms with Crippen LogP contribution in [0.15, 0.2) is 42.5 Å². The molecule has 8 heteroatoms. The predicted octanol–water partition coefficient (Wildman–Crippen LogP) is 3.52. The van der Waals surface area contributed by atoms with Crippen LogP contribution >= 0.6 is 0 Å². The summed E-state index contributed by atoms with van der Waals surface area (Å²) in [6.45, 7) is 1.86. The monoisotopic (exact) mass is 367 g/mol. The Morgan fingerprint density at radius 3 is 2.73 bits per heavy atom. The largest absolute Gasteiger partial charge is 0.481 e. The van der Waals surface area contributed by atoms with E-state index >= 15 is 0 Å². The number of hydrogen-bond donors (Lipinski definition) is 1. The molecule has 0 bridgehead atoms. The number of rotatable bonds is 5. The Labute approximate surface area is 147 Å². The Kier molecular flexibility index (Phi) is 4.92. The molecule has 1 aliphatic rings. The van der Waals surface area contributed by atoms with Crippen molar-refractivity contribution in [2.45, 2.75) is 25.7 Å². The van der Waals surface area contributed by atoms with Gasteiger partial charge in [-0.15, -0.1) is 0 Å². The van der Waals surface area contributed by atoms with Crippen LogP contribution in [0, 0.1) is 0 Å². The number of carbonyl (C=O) groups excluding carboxylic acids is 1. The number of amides is 1. The predicted molar refractivity (Wildman–Crippen MR) is 85.9 cm³/mol. The van der Waals surface area contributed by atoms with Gasteiger partial charge < -0.3 is 19.5 Å². The van der Waals surface area contributed by atoms with Crippen LogP contribution in [0.25, 0.3) is 0 Å². The van der Waals surface area contributed by atoms with Gasteiger partial charge in [0.2, 0.25) is 6.79 Å². The van der Waals surface area contributed by atoms with Gasteiger partial charge in [0, 0.05) is 6.54 Å². The third kappa shape index (κ3) is 4.19. The molecule has 0 aliphatic carbocycles. The Balaban J connectivity index is 1.56. The molecule has 26 heavy (non-hydrogen) atoms. The van der Waals surface area contributed by atoms with E-state index in [1.54, 1.807) is 18.2 Å². The fourth-order valence-electron chi connectivity index (χ4n) is 2.39. The molecule has 0 radical (unpaired) electrons. The molecule has 5 nitrogen and oxygen atoms in total. The van der Waals surface area contributed by atoms with Crippen LogP contribution in [0.3, 0.4) is 0 Å². The van der Waals surface area contributed by atoms with Crippen molar-refractivity contribution in [2.24, 2.45) is 0 Å². The van der Waals surface area contributed by atoms with Crippen molar-refractivity contribution in [3.8, 4) is 17.2 Å². The molecular formula is C18H16F3NO4. The summed E-state index contributed by atoms with van der Waals surface area (Å²) in [5.74, 6) is 0.775. The van der Waals surface area contributed by atoms with E-state index in [4.69, 9.17) is 14.2 Å². The summed E-state index contributed by atoms with van der Waals surface area (Å²) >= 11 is 0. The zero-order chi connectivity index (χ0) is 18.7. The first-order valence-corrected chi connectivity index (χ1v) is 7.83. The molecule has 1 aliphatic heterocycles. The van der Waals surface area contributed by atoms with Crippen molar-refractivity contribution >= 4 is 5.91 Å². The van der Waals surface area contributed by atoms with Gasteiger partial charge in [0.15, 0.2) is 17.6 Å². The van der Waals surface area contributed by atoms with Gasteiger partial charge in [-0.25, -0.2) is 0 Å². The second-order valence-corrected chi connectivity index (χ2v) is 5.69. The third-order valence-corrected chi connectivity index (χ3v) is 3.75. The number of fused-ring (bicyclic) bond motifs is 1. The smallest absolute Gasteiger partial charge is 0.416 e. The number of nitrogens with one attached hydrogen (secondary N) is 1. The van der Waals surface area contributed by atoms with Crippen molar-refractivity contribution in [1.29, 1.82) is 0 Å². The van der Waals surface area contributed by atoms with Gasteiger partial charge in [0.05, 0.1) is 5.56 Å². The lowest BCUT2D eigenvalue weighted by atomic mass is 10.2. The number of halogens is 3. The van der Waals surface area contributed by atoms with E-state index in [9.17, 15) is 18.0 Å². The molecule has 3 rings (SSSR count). The molecule has 0 fully saturated rings. The van der Waals surface area contributed by atoms with Crippen molar-refractivity contribution in [1.82, 2.24) is 5.32 Å². The maximum Gasteiger partial charge on any atom is 0.416 e. The zero-order valence-electron chi connectivity index (χ0n) is 13.8. The van der Waals surface area contributed by atoms with Crippen LogP contribution < -0.4 is 19.5 Å². The average molecular weight is 367 g/mol. The molecule has 1 amide bonds. The summed E-state index contributed by atoms with van der Waals surface area (Å²) in [7, 11) is 0. The van der Waals surface area contributed by atoms with Gasteiger partial charge in [0.25, 0.3) is 5.91 Å². The molecule has 0 saturated carbocycles. The van der Waals surface area contributed by atoms with E-state index in [1.165, 1.54) is 19.1 Å². The quantitative estimate of drug-likeness (QED) is 0.879. The molecule has 0 unspecified atom stereocenters. The fraction of sp³-hybridized carbons (Fsp3) is 0.278. The van der Waals surface area contributed by atoms with Crippen LogP contribution in [-0.4, -0.2) is 18.8 Å². The molecule has 0 spiro atoms. The number of alkyl halides is 3. The topological polar surface area (TPSA) is 56.8 Å². The molecule has 1 heterocycles. The Bertz CT molecular complexity index is 807. The Morgan fingerprint density at radius 1 is 1.19 bits per heavy atom. The van der Waals surface area contributed by atoms with E-state index in [2.05, 4.69) is 5.32 Å². The lowest BCUT2D eigenvalue weighted by molar-refractivity contribution is -0.137. The number of carbonyl (C=O) groups is 1. The first-order valence-electron chi connectivity index (χ1n) is 7.83. The fourth-order valence-corrected chi connectivity index (χ4v) is 2.39. The van der Waals surface area contributed by atoms with Crippen LogP contribution in [0.1, 0.15) is 18.1 Å². The highest BCUT2D eigenvalue weighted by Crippen LogP contribution is 2.33. The lowest BCUT2D eigenvalue weighted by Crippen LogP contribution is -2.35. The van der Waals surface area contributed by atoms with Crippen molar-refractivity contribution in [3.63, 3.8) is 0 Å². The van der Waals surface area contributed by atoms with Gasteiger partial charge in [-0.2, -0.15) is 13.2 Å². The zero-order valence-corrected chi connectivity index (χ0v) is 13.8. The minimum atomic E-state index is -4.47. The standard InChI is InChI=1S/C18H16F3NO4/c1-11(26-14-4-2-3-13(8-14)18(19,20)21)17(23)22-9-12-5-6-15-16(7-12)25-10-24-15/h2-8,11H,9-10H2,1H3,(H,22,23)/t11-/m0/s1. The minimum Gasteiger partial charge on any atom is -0.481 e. The Morgan fingerprint density at radius 2 is 1.96 bits per heavy atom. The van der Waals surface area contributed by atoms with Crippen molar-refractivity contribution in [3.05, 3.63) is 53.6 Å². The number of hydrogen-bond acceptors (Lipinski definition) is 4. The number of ether oxygens (including phenoxy) is 3. The van der Waals surface area contributed by atoms with Crippen LogP contribution in [0.5, 0.6) is 17.2 Å². The molecule has 2 aromatic rings. The maximum absolute atomic E-state index is 12.7. The molecule has 0 saturated heterocycles. The first kappa shape index (κ1) is 17.9. The Hall–Kier alpha value is -2.90. The normalized spacial score (nSPS) is 14.0. The summed E-state index contributed by atoms with van der Waals surface area (Å²) in [5, 5.41) is 2.67. The highest BCUT2D eigenvalue weighted by atomic mass is 19.4. The lowest BCUT2D eigenvalue weighted by Gasteiger charge is -2.16. The molecule has 138 valence electrons. The van der Waals surface area contributed by atoms with Crippen molar-refractivity contribution in [2.75, 3.05) is 6.79 Å². The van der Waals surface area contributed by atoms with Crippen molar-refractivity contribution < 1.29 is 32.2 Å². The molecule has 1 atom stereocenters. The van der Waals surface area contributed by atoms with E-state index in [-0.39, 0.29) is 19.1 Å². The maximum atomic E-state index is 12.7. The summed E-state index contributed by atoms with van der Waals surface area (Å²) in [4.78, 5) is 12.1. The van der Waals surface area contributed by atoms with Crippen LogP contribution in [-0.2, 0) is 17.5 Å². The second-order valence-electron chi connectivity index (χ2n) is 5.69. The second kappa shape index (κ2) is 7.15. The molecule has 1 N–H and O–H groups in total. The third-order valence-electron chi connectivity index (χ3n) is 3.75. The van der Waals surface area contributed by atoms with E-state index in [1.807, 2.05) is 0 Å². The van der Waals surface area contributed by atoms with Gasteiger partial charge in [-0.05, 0) is 42.8 Å². The summed E-state index contributed by atoms with van der Waals surface area (Å²) < 4.78 is 53.9. The highest BCUT2D eigenvalue weighted by molar-refractivity contribution is 5.80. The summed E-state index contributed by atoms with van der Waals surface area (Å²) in [6, 6.07) is 9.69. The van der Waals surface area contributed by atoms with E-state index < -0.39 is 23.8 Å². The first-order chi connectivity index (χ1) is 12.3. The minimum absolute atomic E-state index is 0.0226. The van der Waals surface area contributed by atoms with Gasteiger partial charge >= 0.3 is 6.18 Å². The van der Waals surface area contributed by atoms with Gasteiger partial charge in [-0.1, -0.05) is 12.1 Å². The van der Waals surface area contributed by atoms with Gasteiger partial charge in [-0.3, -0.25) is 4.79 Å². The average Bonchev–Trinajstić information content (AvgIpc) is 3.06.